The van der Waals surface area contributed by atoms with Gasteiger partial charge in [0, 0.05) is 19.2 Å². The van der Waals surface area contributed by atoms with Gasteiger partial charge in [0.15, 0.2) is 0 Å². The molecule has 0 fully saturated rings. The van der Waals surface area contributed by atoms with Crippen LogP contribution in [0.4, 0.5) is 0 Å². The van der Waals surface area contributed by atoms with E-state index in [2.05, 4.69) is 10.4 Å². The molecule has 0 aliphatic carbocycles. The van der Waals surface area contributed by atoms with Gasteiger partial charge in [-0.2, -0.15) is 5.10 Å². The zero-order valence-electron chi connectivity index (χ0n) is 11.4. The first-order valence-electron chi connectivity index (χ1n) is 6.62. The molecule has 1 unspecified atom stereocenters. The summed E-state index contributed by atoms with van der Waals surface area (Å²) in [4.78, 5) is 23.3. The standard InChI is InChI=1S/C13H21N3O3/c1-3-5-8-16-12(18)7-6-11(15-16)13(19)14-9-10(17)4-2/h6-7,10,17H,3-5,8-9H2,1-2H3,(H,14,19). The molecule has 1 aromatic heterocycles. The van der Waals surface area contributed by atoms with Gasteiger partial charge in [0.05, 0.1) is 6.10 Å². The number of carbonyl (C=O) groups excluding carboxylic acids is 1. The third-order valence-electron chi connectivity index (χ3n) is 2.79. The van der Waals surface area contributed by atoms with Crippen LogP contribution in [0.5, 0.6) is 0 Å². The Morgan fingerprint density at radius 1 is 1.47 bits per heavy atom. The number of hydrogen-bond donors (Lipinski definition) is 2. The molecule has 106 valence electrons. The third kappa shape index (κ3) is 4.82. The van der Waals surface area contributed by atoms with E-state index in [0.717, 1.165) is 12.8 Å². The van der Waals surface area contributed by atoms with Gasteiger partial charge in [-0.15, -0.1) is 0 Å². The molecule has 1 aromatic rings. The van der Waals surface area contributed by atoms with E-state index in [1.807, 2.05) is 13.8 Å². The maximum Gasteiger partial charge on any atom is 0.271 e. The molecule has 0 radical (unpaired) electrons. The molecule has 1 amide bonds. The lowest BCUT2D eigenvalue weighted by atomic mass is 10.2. The molecular weight excluding hydrogens is 246 g/mol. The third-order valence-corrected chi connectivity index (χ3v) is 2.79. The summed E-state index contributed by atoms with van der Waals surface area (Å²) in [7, 11) is 0. The van der Waals surface area contributed by atoms with Crippen LogP contribution < -0.4 is 10.9 Å². The minimum Gasteiger partial charge on any atom is -0.391 e. The van der Waals surface area contributed by atoms with Crippen LogP contribution in [0.15, 0.2) is 16.9 Å². The number of hydrogen-bond acceptors (Lipinski definition) is 4. The van der Waals surface area contributed by atoms with E-state index in [0.29, 0.717) is 13.0 Å². The predicted octanol–water partition coefficient (Wildman–Crippen LogP) is 0.544. The van der Waals surface area contributed by atoms with Crippen molar-refractivity contribution in [3.05, 3.63) is 28.2 Å². The first-order chi connectivity index (χ1) is 9.08. The Morgan fingerprint density at radius 2 is 2.21 bits per heavy atom. The molecule has 1 atom stereocenters. The first kappa shape index (κ1) is 15.4. The second-order valence-electron chi connectivity index (χ2n) is 4.41. The fraction of sp³-hybridized carbons (Fsp3) is 0.615. The topological polar surface area (TPSA) is 84.2 Å². The molecule has 0 aliphatic rings. The molecule has 6 heteroatoms. The molecule has 1 rings (SSSR count). The van der Waals surface area contributed by atoms with Crippen molar-refractivity contribution in [2.24, 2.45) is 0 Å². The van der Waals surface area contributed by atoms with E-state index in [-0.39, 0.29) is 23.7 Å². The Bertz CT molecular complexity index is 470. The monoisotopic (exact) mass is 267 g/mol. The van der Waals surface area contributed by atoms with Crippen LogP contribution in [0, 0.1) is 0 Å². The number of amides is 1. The van der Waals surface area contributed by atoms with Gasteiger partial charge in [-0.25, -0.2) is 4.68 Å². The second-order valence-corrected chi connectivity index (χ2v) is 4.41. The van der Waals surface area contributed by atoms with Crippen molar-refractivity contribution in [3.8, 4) is 0 Å². The van der Waals surface area contributed by atoms with Gasteiger partial charge in [0.25, 0.3) is 11.5 Å². The highest BCUT2D eigenvalue weighted by Gasteiger charge is 2.10. The van der Waals surface area contributed by atoms with Gasteiger partial charge < -0.3 is 10.4 Å². The number of nitrogens with zero attached hydrogens (tertiary/aromatic N) is 2. The SMILES string of the molecule is CCCCn1nc(C(=O)NCC(O)CC)ccc1=O. The summed E-state index contributed by atoms with van der Waals surface area (Å²) in [5, 5.41) is 16.0. The normalized spacial score (nSPS) is 12.2. The maximum atomic E-state index is 11.8. The van der Waals surface area contributed by atoms with Crippen LogP contribution in [0.3, 0.4) is 0 Å². The van der Waals surface area contributed by atoms with E-state index < -0.39 is 6.10 Å². The fourth-order valence-electron chi connectivity index (χ4n) is 1.48. The van der Waals surface area contributed by atoms with Crippen molar-refractivity contribution in [1.82, 2.24) is 15.1 Å². The minimum absolute atomic E-state index is 0.186. The van der Waals surface area contributed by atoms with Crippen molar-refractivity contribution in [2.45, 2.75) is 45.8 Å². The largest absolute Gasteiger partial charge is 0.391 e. The molecule has 6 nitrogen and oxygen atoms in total. The number of aliphatic hydroxyl groups is 1. The molecule has 19 heavy (non-hydrogen) atoms. The van der Waals surface area contributed by atoms with Crippen molar-refractivity contribution >= 4 is 5.91 Å². The van der Waals surface area contributed by atoms with E-state index >= 15 is 0 Å². The highest BCUT2D eigenvalue weighted by molar-refractivity contribution is 5.91. The van der Waals surface area contributed by atoms with Crippen LogP contribution in [0.25, 0.3) is 0 Å². The van der Waals surface area contributed by atoms with Crippen molar-refractivity contribution in [3.63, 3.8) is 0 Å². The molecule has 0 aromatic carbocycles. The summed E-state index contributed by atoms with van der Waals surface area (Å²) in [5.41, 5.74) is -0.0161. The average molecular weight is 267 g/mol. The molecule has 0 bridgehead atoms. The fourth-order valence-corrected chi connectivity index (χ4v) is 1.48. The predicted molar refractivity (Wildman–Crippen MR) is 72.0 cm³/mol. The summed E-state index contributed by atoms with van der Waals surface area (Å²) in [6, 6.07) is 2.74. The number of aryl methyl sites for hydroxylation is 1. The Kier molecular flexibility index (Phi) is 6.21. The van der Waals surface area contributed by atoms with E-state index in [1.54, 1.807) is 0 Å². The lowest BCUT2D eigenvalue weighted by Crippen LogP contribution is -2.34. The van der Waals surface area contributed by atoms with E-state index in [9.17, 15) is 14.7 Å². The lowest BCUT2D eigenvalue weighted by molar-refractivity contribution is 0.0906. The van der Waals surface area contributed by atoms with Crippen molar-refractivity contribution in [1.29, 1.82) is 0 Å². The van der Waals surface area contributed by atoms with Gasteiger partial charge in [-0.1, -0.05) is 20.3 Å². The first-order valence-corrected chi connectivity index (χ1v) is 6.62. The zero-order chi connectivity index (χ0) is 14.3. The highest BCUT2D eigenvalue weighted by Crippen LogP contribution is 1.95. The summed E-state index contributed by atoms with van der Waals surface area (Å²) >= 11 is 0. The molecule has 2 N–H and O–H groups in total. The number of unbranched alkanes of at least 4 members (excludes halogenated alkanes) is 1. The Labute approximate surface area is 112 Å². The van der Waals surface area contributed by atoms with Crippen molar-refractivity contribution < 1.29 is 9.90 Å². The Balaban J connectivity index is 2.72. The number of nitrogens with one attached hydrogen (secondary N) is 1. The number of carbonyl (C=O) groups is 1. The van der Waals surface area contributed by atoms with Gasteiger partial charge in [0.1, 0.15) is 5.69 Å². The Morgan fingerprint density at radius 3 is 2.84 bits per heavy atom. The molecule has 1 heterocycles. The van der Waals surface area contributed by atoms with Gasteiger partial charge in [0.2, 0.25) is 0 Å². The van der Waals surface area contributed by atoms with Crippen LogP contribution in [-0.2, 0) is 6.54 Å². The molecular formula is C13H21N3O3. The van der Waals surface area contributed by atoms with Gasteiger partial charge in [-0.3, -0.25) is 9.59 Å². The molecule has 0 saturated carbocycles. The van der Waals surface area contributed by atoms with E-state index in [4.69, 9.17) is 0 Å². The van der Waals surface area contributed by atoms with Crippen LogP contribution >= 0.6 is 0 Å². The maximum absolute atomic E-state index is 11.8. The molecule has 0 aliphatic heterocycles. The smallest absolute Gasteiger partial charge is 0.271 e. The van der Waals surface area contributed by atoms with Gasteiger partial charge in [-0.05, 0) is 18.9 Å². The summed E-state index contributed by atoms with van der Waals surface area (Å²) in [6.45, 7) is 4.55. The second kappa shape index (κ2) is 7.68. The quantitative estimate of drug-likeness (QED) is 0.755. The molecule has 0 spiro atoms. The number of aromatic nitrogens is 2. The van der Waals surface area contributed by atoms with Gasteiger partial charge >= 0.3 is 0 Å². The van der Waals surface area contributed by atoms with Crippen molar-refractivity contribution in [2.75, 3.05) is 6.54 Å². The summed E-state index contributed by atoms with van der Waals surface area (Å²) in [6.07, 6.45) is 1.80. The number of rotatable bonds is 7. The Hall–Kier alpha value is -1.69. The van der Waals surface area contributed by atoms with Crippen LogP contribution in [0.2, 0.25) is 0 Å². The highest BCUT2D eigenvalue weighted by atomic mass is 16.3. The zero-order valence-corrected chi connectivity index (χ0v) is 11.4. The lowest BCUT2D eigenvalue weighted by Gasteiger charge is -2.10. The summed E-state index contributed by atoms with van der Waals surface area (Å²) in [5.74, 6) is -0.377. The van der Waals surface area contributed by atoms with Crippen LogP contribution in [0.1, 0.15) is 43.6 Å². The van der Waals surface area contributed by atoms with E-state index in [1.165, 1.54) is 16.8 Å². The number of aliphatic hydroxyl groups excluding tert-OH is 1. The minimum atomic E-state index is -0.560. The molecule has 0 saturated heterocycles. The average Bonchev–Trinajstić information content (AvgIpc) is 2.43. The van der Waals surface area contributed by atoms with Crippen LogP contribution in [-0.4, -0.2) is 33.4 Å². The summed E-state index contributed by atoms with van der Waals surface area (Å²) < 4.78 is 1.30.